The molecule has 0 atom stereocenters. The highest BCUT2D eigenvalue weighted by Crippen LogP contribution is 2.29. The molecule has 0 spiro atoms. The molecule has 0 aliphatic carbocycles. The number of anilines is 1. The third kappa shape index (κ3) is 2.30. The van der Waals surface area contributed by atoms with Crippen LogP contribution in [0.4, 0.5) is 5.82 Å². The summed E-state index contributed by atoms with van der Waals surface area (Å²) in [5, 5.41) is 8.45. The molecule has 0 amide bonds. The third-order valence-electron chi connectivity index (χ3n) is 3.72. The topological polar surface area (TPSA) is 66.0 Å². The molecule has 3 aromatic rings. The average molecular weight is 294 g/mol. The van der Waals surface area contributed by atoms with Gasteiger partial charge in [0.2, 0.25) is 0 Å². The molecule has 0 fully saturated rings. The lowest BCUT2D eigenvalue weighted by atomic mass is 10.1. The van der Waals surface area contributed by atoms with E-state index in [0.29, 0.717) is 11.5 Å². The Morgan fingerprint density at radius 2 is 1.82 bits per heavy atom. The average Bonchev–Trinajstić information content (AvgIpc) is 2.89. The van der Waals surface area contributed by atoms with Crippen LogP contribution < -0.4 is 10.5 Å². The van der Waals surface area contributed by atoms with E-state index in [1.807, 2.05) is 56.3 Å². The number of methoxy groups -OCH3 is 1. The largest absolute Gasteiger partial charge is 0.496 e. The van der Waals surface area contributed by atoms with Gasteiger partial charge >= 0.3 is 0 Å². The van der Waals surface area contributed by atoms with Crippen molar-refractivity contribution in [3.63, 3.8) is 0 Å². The number of aryl methyl sites for hydroxylation is 2. The Morgan fingerprint density at radius 3 is 2.50 bits per heavy atom. The second-order valence-corrected chi connectivity index (χ2v) is 5.21. The Morgan fingerprint density at radius 1 is 1.05 bits per heavy atom. The van der Waals surface area contributed by atoms with Gasteiger partial charge in [0, 0.05) is 5.56 Å². The summed E-state index contributed by atoms with van der Waals surface area (Å²) in [6.07, 6.45) is 0. The van der Waals surface area contributed by atoms with Crippen LogP contribution in [-0.4, -0.2) is 22.1 Å². The fourth-order valence-electron chi connectivity index (χ4n) is 2.50. The molecular formula is C17H18N4O. The first-order valence-electron chi connectivity index (χ1n) is 7.04. The lowest BCUT2D eigenvalue weighted by Gasteiger charge is -2.08. The zero-order valence-corrected chi connectivity index (χ0v) is 12.9. The molecule has 5 nitrogen and oxygen atoms in total. The van der Waals surface area contributed by atoms with Crippen LogP contribution in [0.3, 0.4) is 0 Å². The van der Waals surface area contributed by atoms with Crippen LogP contribution in [-0.2, 0) is 0 Å². The molecule has 0 saturated heterocycles. The van der Waals surface area contributed by atoms with Gasteiger partial charge in [0.05, 0.1) is 12.8 Å². The second kappa shape index (κ2) is 5.52. The van der Waals surface area contributed by atoms with E-state index in [-0.39, 0.29) is 0 Å². The molecular weight excluding hydrogens is 276 g/mol. The van der Waals surface area contributed by atoms with E-state index in [4.69, 9.17) is 10.5 Å². The van der Waals surface area contributed by atoms with E-state index in [1.165, 1.54) is 0 Å². The first-order valence-corrected chi connectivity index (χ1v) is 7.04. The van der Waals surface area contributed by atoms with Gasteiger partial charge in [0.15, 0.2) is 5.82 Å². The van der Waals surface area contributed by atoms with Gasteiger partial charge in [0.1, 0.15) is 11.4 Å². The number of benzene rings is 2. The first-order chi connectivity index (χ1) is 10.6. The van der Waals surface area contributed by atoms with E-state index in [9.17, 15) is 0 Å². The standard InChI is InChI=1S/C17H18N4O/c1-11-6-4-5-7-14(11)21-17(18)16(19-20-21)13-8-9-15(22-3)12(2)10-13/h4-10H,18H2,1-3H3. The van der Waals surface area contributed by atoms with E-state index in [1.54, 1.807) is 11.8 Å². The lowest BCUT2D eigenvalue weighted by Crippen LogP contribution is -2.04. The van der Waals surface area contributed by atoms with Crippen LogP contribution in [0.1, 0.15) is 11.1 Å². The van der Waals surface area contributed by atoms with Gasteiger partial charge in [-0.1, -0.05) is 23.4 Å². The Hall–Kier alpha value is -2.82. The van der Waals surface area contributed by atoms with Crippen LogP contribution >= 0.6 is 0 Å². The van der Waals surface area contributed by atoms with Gasteiger partial charge in [-0.15, -0.1) is 5.10 Å². The van der Waals surface area contributed by atoms with Gasteiger partial charge in [-0.2, -0.15) is 4.68 Å². The van der Waals surface area contributed by atoms with Crippen molar-refractivity contribution in [2.75, 3.05) is 12.8 Å². The summed E-state index contributed by atoms with van der Waals surface area (Å²) in [5.41, 5.74) is 10.9. The summed E-state index contributed by atoms with van der Waals surface area (Å²) in [7, 11) is 1.66. The predicted octanol–water partition coefficient (Wildman–Crippen LogP) is 3.14. The molecule has 0 radical (unpaired) electrons. The number of para-hydroxylation sites is 1. The molecule has 22 heavy (non-hydrogen) atoms. The second-order valence-electron chi connectivity index (χ2n) is 5.21. The number of nitrogens with zero attached hydrogens (tertiary/aromatic N) is 3. The highest BCUT2D eigenvalue weighted by atomic mass is 16.5. The Labute approximate surface area is 129 Å². The van der Waals surface area contributed by atoms with Crippen LogP contribution in [0.25, 0.3) is 16.9 Å². The Kier molecular flexibility index (Phi) is 3.55. The van der Waals surface area contributed by atoms with Gasteiger partial charge in [-0.3, -0.25) is 0 Å². The molecule has 3 rings (SSSR count). The van der Waals surface area contributed by atoms with Crippen LogP contribution in [0.5, 0.6) is 5.75 Å². The molecule has 0 aliphatic rings. The monoisotopic (exact) mass is 294 g/mol. The highest BCUT2D eigenvalue weighted by Gasteiger charge is 2.15. The van der Waals surface area contributed by atoms with Crippen LogP contribution in [0.2, 0.25) is 0 Å². The molecule has 112 valence electrons. The van der Waals surface area contributed by atoms with Crippen molar-refractivity contribution >= 4 is 5.82 Å². The summed E-state index contributed by atoms with van der Waals surface area (Å²) in [6, 6.07) is 13.8. The lowest BCUT2D eigenvalue weighted by molar-refractivity contribution is 0.412. The molecule has 0 bridgehead atoms. The smallest absolute Gasteiger partial charge is 0.155 e. The van der Waals surface area contributed by atoms with Crippen molar-refractivity contribution in [1.82, 2.24) is 15.0 Å². The van der Waals surface area contributed by atoms with E-state index in [2.05, 4.69) is 10.3 Å². The van der Waals surface area contributed by atoms with Gasteiger partial charge in [-0.05, 0) is 49.2 Å². The molecule has 5 heteroatoms. The molecule has 1 aromatic heterocycles. The number of ether oxygens (including phenoxy) is 1. The zero-order chi connectivity index (χ0) is 15.7. The van der Waals surface area contributed by atoms with Crippen LogP contribution in [0.15, 0.2) is 42.5 Å². The molecule has 2 aromatic carbocycles. The molecule has 1 heterocycles. The normalized spacial score (nSPS) is 10.7. The van der Waals surface area contributed by atoms with E-state index >= 15 is 0 Å². The maximum atomic E-state index is 6.26. The van der Waals surface area contributed by atoms with Crippen molar-refractivity contribution in [3.8, 4) is 22.7 Å². The zero-order valence-electron chi connectivity index (χ0n) is 12.9. The van der Waals surface area contributed by atoms with Crippen molar-refractivity contribution < 1.29 is 4.74 Å². The Balaban J connectivity index is 2.08. The van der Waals surface area contributed by atoms with Crippen LogP contribution in [0, 0.1) is 13.8 Å². The first kappa shape index (κ1) is 14.1. The molecule has 0 aliphatic heterocycles. The van der Waals surface area contributed by atoms with Crippen molar-refractivity contribution in [1.29, 1.82) is 0 Å². The number of hydrogen-bond donors (Lipinski definition) is 1. The molecule has 0 saturated carbocycles. The number of nitrogens with two attached hydrogens (primary N) is 1. The summed E-state index contributed by atoms with van der Waals surface area (Å²) >= 11 is 0. The maximum Gasteiger partial charge on any atom is 0.155 e. The SMILES string of the molecule is COc1ccc(-c2nnn(-c3ccccc3C)c2N)cc1C. The molecule has 2 N–H and O–H groups in total. The minimum Gasteiger partial charge on any atom is -0.496 e. The maximum absolute atomic E-state index is 6.26. The number of nitrogen functional groups attached to an aromatic ring is 1. The minimum atomic E-state index is 0.527. The minimum absolute atomic E-state index is 0.527. The number of rotatable bonds is 3. The number of hydrogen-bond acceptors (Lipinski definition) is 4. The third-order valence-corrected chi connectivity index (χ3v) is 3.72. The summed E-state index contributed by atoms with van der Waals surface area (Å²) in [6.45, 7) is 4.01. The van der Waals surface area contributed by atoms with E-state index in [0.717, 1.165) is 28.1 Å². The number of aromatic nitrogens is 3. The predicted molar refractivity (Wildman–Crippen MR) is 87.2 cm³/mol. The van der Waals surface area contributed by atoms with Gasteiger partial charge in [0.25, 0.3) is 0 Å². The fraction of sp³-hybridized carbons (Fsp3) is 0.176. The van der Waals surface area contributed by atoms with Gasteiger partial charge < -0.3 is 10.5 Å². The summed E-state index contributed by atoms with van der Waals surface area (Å²) in [4.78, 5) is 0. The van der Waals surface area contributed by atoms with Gasteiger partial charge in [-0.25, -0.2) is 0 Å². The summed E-state index contributed by atoms with van der Waals surface area (Å²) < 4.78 is 6.95. The fourth-order valence-corrected chi connectivity index (χ4v) is 2.50. The molecule has 0 unspecified atom stereocenters. The Bertz CT molecular complexity index is 823. The van der Waals surface area contributed by atoms with E-state index < -0.39 is 0 Å². The van der Waals surface area contributed by atoms with Crippen molar-refractivity contribution in [3.05, 3.63) is 53.6 Å². The highest BCUT2D eigenvalue weighted by molar-refractivity contribution is 5.72. The quantitative estimate of drug-likeness (QED) is 0.806. The summed E-state index contributed by atoms with van der Waals surface area (Å²) in [5.74, 6) is 1.37. The van der Waals surface area contributed by atoms with Crippen molar-refractivity contribution in [2.24, 2.45) is 0 Å². The van der Waals surface area contributed by atoms with Crippen molar-refractivity contribution in [2.45, 2.75) is 13.8 Å².